The maximum atomic E-state index is 10.3. The predicted octanol–water partition coefficient (Wildman–Crippen LogP) is 2.11. The first-order valence-electron chi connectivity index (χ1n) is 6.58. The highest BCUT2D eigenvalue weighted by Crippen LogP contribution is 2.13. The molecule has 0 aliphatic carbocycles. The van der Waals surface area contributed by atoms with Crippen LogP contribution in [-0.4, -0.2) is 41.4 Å². The van der Waals surface area contributed by atoms with Gasteiger partial charge < -0.3 is 14.0 Å². The first-order valence-corrected chi connectivity index (χ1v) is 6.58. The van der Waals surface area contributed by atoms with Crippen molar-refractivity contribution in [2.45, 2.75) is 13.8 Å². The molecule has 0 fully saturated rings. The molecule has 0 amide bonds. The summed E-state index contributed by atoms with van der Waals surface area (Å²) < 4.78 is 14.0. The van der Waals surface area contributed by atoms with Crippen molar-refractivity contribution in [3.05, 3.63) is 42.6 Å². The first kappa shape index (κ1) is 17.5. The van der Waals surface area contributed by atoms with Gasteiger partial charge in [-0.3, -0.25) is 4.98 Å². The van der Waals surface area contributed by atoms with E-state index in [1.54, 1.807) is 20.2 Å². The molecule has 0 radical (unpaired) electrons. The number of nitrogens with zero attached hydrogens (tertiary/aromatic N) is 3. The van der Waals surface area contributed by atoms with Crippen LogP contribution in [0.3, 0.4) is 0 Å². The second kappa shape index (κ2) is 9.41. The summed E-state index contributed by atoms with van der Waals surface area (Å²) in [6.45, 7) is 7.64. The van der Waals surface area contributed by atoms with Gasteiger partial charge in [0, 0.05) is 37.6 Å². The third-order valence-corrected chi connectivity index (χ3v) is 2.40. The van der Waals surface area contributed by atoms with E-state index in [1.807, 2.05) is 19.1 Å². The van der Waals surface area contributed by atoms with E-state index in [9.17, 15) is 4.79 Å². The number of aromatic nitrogens is 3. The van der Waals surface area contributed by atoms with Gasteiger partial charge in [-0.15, -0.1) is 0 Å². The summed E-state index contributed by atoms with van der Waals surface area (Å²) >= 11 is 0. The maximum Gasteiger partial charge on any atom is 0.330 e. The van der Waals surface area contributed by atoms with Crippen molar-refractivity contribution in [1.29, 1.82) is 0 Å². The molecule has 0 atom stereocenters. The molecule has 2 rings (SSSR count). The molecule has 22 heavy (non-hydrogen) atoms. The van der Waals surface area contributed by atoms with Crippen molar-refractivity contribution in [2.24, 2.45) is 0 Å². The van der Waals surface area contributed by atoms with Gasteiger partial charge in [0.2, 0.25) is 11.7 Å². The van der Waals surface area contributed by atoms with Gasteiger partial charge in [-0.25, -0.2) is 4.79 Å². The highest BCUT2D eigenvalue weighted by Gasteiger charge is 2.04. The molecule has 0 saturated carbocycles. The van der Waals surface area contributed by atoms with Crippen molar-refractivity contribution in [3.8, 4) is 11.4 Å². The van der Waals surface area contributed by atoms with Crippen LogP contribution in [0.15, 0.2) is 35.5 Å². The number of ether oxygens (including phenoxy) is 2. The number of hydrogen-bond donors (Lipinski definition) is 0. The Kier molecular flexibility index (Phi) is 7.49. The predicted molar refractivity (Wildman–Crippen MR) is 80.0 cm³/mol. The number of methoxy groups -OCH3 is 1. The van der Waals surface area contributed by atoms with E-state index in [0.717, 1.165) is 17.3 Å². The SMILES string of the molecule is C=CC(=O)OCCOC.Cc1ccc(-c2noc(C)n2)cn1. The van der Waals surface area contributed by atoms with Gasteiger partial charge in [0.1, 0.15) is 6.61 Å². The van der Waals surface area contributed by atoms with E-state index in [4.69, 9.17) is 4.52 Å². The molecular weight excluding hydrogens is 286 g/mol. The molecule has 2 aromatic heterocycles. The third-order valence-electron chi connectivity index (χ3n) is 2.40. The number of esters is 1. The quantitative estimate of drug-likeness (QED) is 0.475. The lowest BCUT2D eigenvalue weighted by molar-refractivity contribution is -0.138. The second-order valence-corrected chi connectivity index (χ2v) is 4.19. The Morgan fingerprint density at radius 3 is 2.64 bits per heavy atom. The average Bonchev–Trinajstić information content (AvgIpc) is 2.95. The zero-order valence-electron chi connectivity index (χ0n) is 12.9. The van der Waals surface area contributed by atoms with E-state index in [1.165, 1.54) is 0 Å². The topological polar surface area (TPSA) is 87.3 Å². The molecule has 0 aromatic carbocycles. The standard InChI is InChI=1S/C9H9N3O.C6H10O3/c1-6-3-4-8(5-10-6)9-11-7(2)13-12-9;1-3-6(7)9-5-4-8-2/h3-5H,1-2H3;3H,1,4-5H2,2H3. The molecule has 0 aliphatic rings. The van der Waals surface area contributed by atoms with E-state index >= 15 is 0 Å². The van der Waals surface area contributed by atoms with Crippen LogP contribution < -0.4 is 0 Å². The number of carbonyl (C=O) groups is 1. The minimum absolute atomic E-state index is 0.293. The lowest BCUT2D eigenvalue weighted by Crippen LogP contribution is -2.06. The Hall–Kier alpha value is -2.54. The Morgan fingerprint density at radius 2 is 2.14 bits per heavy atom. The highest BCUT2D eigenvalue weighted by molar-refractivity contribution is 5.81. The lowest BCUT2D eigenvalue weighted by atomic mass is 10.2. The number of carbonyl (C=O) groups excluding carboxylic acids is 1. The number of pyridine rings is 1. The van der Waals surface area contributed by atoms with E-state index in [-0.39, 0.29) is 0 Å². The second-order valence-electron chi connectivity index (χ2n) is 4.19. The van der Waals surface area contributed by atoms with Crippen LogP contribution in [0.4, 0.5) is 0 Å². The summed E-state index contributed by atoms with van der Waals surface area (Å²) in [5, 5.41) is 3.79. The Bertz CT molecular complexity index is 593. The van der Waals surface area contributed by atoms with Gasteiger partial charge in [0.15, 0.2) is 0 Å². The molecule has 0 N–H and O–H groups in total. The van der Waals surface area contributed by atoms with Gasteiger partial charge >= 0.3 is 5.97 Å². The van der Waals surface area contributed by atoms with Crippen molar-refractivity contribution >= 4 is 5.97 Å². The summed E-state index contributed by atoms with van der Waals surface area (Å²) in [7, 11) is 1.54. The van der Waals surface area contributed by atoms with E-state index in [0.29, 0.717) is 24.9 Å². The Labute approximate surface area is 129 Å². The molecule has 7 nitrogen and oxygen atoms in total. The van der Waals surface area contributed by atoms with Crippen LogP contribution >= 0.6 is 0 Å². The fraction of sp³-hybridized carbons (Fsp3) is 0.333. The zero-order valence-corrected chi connectivity index (χ0v) is 12.9. The molecule has 2 heterocycles. The molecule has 0 saturated heterocycles. The Balaban J connectivity index is 0.000000239. The van der Waals surface area contributed by atoms with Gasteiger partial charge in [0.05, 0.1) is 6.61 Å². The number of hydrogen-bond acceptors (Lipinski definition) is 7. The normalized spacial score (nSPS) is 9.59. The largest absolute Gasteiger partial charge is 0.460 e. The fourth-order valence-corrected chi connectivity index (χ4v) is 1.30. The molecule has 0 bridgehead atoms. The third kappa shape index (κ3) is 6.27. The molecule has 0 unspecified atom stereocenters. The Morgan fingerprint density at radius 1 is 1.36 bits per heavy atom. The summed E-state index contributed by atoms with van der Waals surface area (Å²) in [6.07, 6.45) is 2.86. The van der Waals surface area contributed by atoms with Crippen molar-refractivity contribution < 1.29 is 18.8 Å². The van der Waals surface area contributed by atoms with Crippen LogP contribution in [0.25, 0.3) is 11.4 Å². The molecule has 0 spiro atoms. The van der Waals surface area contributed by atoms with Crippen LogP contribution in [0.2, 0.25) is 0 Å². The molecule has 118 valence electrons. The summed E-state index contributed by atoms with van der Waals surface area (Å²) in [5.41, 5.74) is 1.85. The van der Waals surface area contributed by atoms with E-state index in [2.05, 4.69) is 31.2 Å². The summed E-state index contributed by atoms with van der Waals surface area (Å²) in [6, 6.07) is 3.84. The fourth-order valence-electron chi connectivity index (χ4n) is 1.30. The first-order chi connectivity index (χ1) is 10.6. The van der Waals surface area contributed by atoms with Crippen molar-refractivity contribution in [3.63, 3.8) is 0 Å². The van der Waals surface area contributed by atoms with Crippen LogP contribution in [0, 0.1) is 13.8 Å². The van der Waals surface area contributed by atoms with E-state index < -0.39 is 5.97 Å². The lowest BCUT2D eigenvalue weighted by Gasteiger charge is -1.98. The van der Waals surface area contributed by atoms with Crippen LogP contribution in [0.5, 0.6) is 0 Å². The zero-order chi connectivity index (χ0) is 16.4. The van der Waals surface area contributed by atoms with Gasteiger partial charge in [-0.2, -0.15) is 4.98 Å². The van der Waals surface area contributed by atoms with Gasteiger partial charge in [-0.1, -0.05) is 11.7 Å². The molecule has 2 aromatic rings. The minimum atomic E-state index is -0.410. The van der Waals surface area contributed by atoms with Crippen LogP contribution in [-0.2, 0) is 14.3 Å². The number of aryl methyl sites for hydroxylation is 2. The summed E-state index contributed by atoms with van der Waals surface area (Å²) in [5.74, 6) is 0.743. The average molecular weight is 305 g/mol. The van der Waals surface area contributed by atoms with Gasteiger partial charge in [-0.05, 0) is 19.1 Å². The smallest absolute Gasteiger partial charge is 0.330 e. The summed E-state index contributed by atoms with van der Waals surface area (Å²) in [4.78, 5) is 18.5. The minimum Gasteiger partial charge on any atom is -0.460 e. The van der Waals surface area contributed by atoms with Gasteiger partial charge in [0.25, 0.3) is 0 Å². The molecule has 0 aliphatic heterocycles. The monoisotopic (exact) mass is 305 g/mol. The van der Waals surface area contributed by atoms with Crippen LogP contribution in [0.1, 0.15) is 11.6 Å². The molecule has 7 heteroatoms. The van der Waals surface area contributed by atoms with Crippen molar-refractivity contribution in [1.82, 2.24) is 15.1 Å². The highest BCUT2D eigenvalue weighted by atomic mass is 16.6. The van der Waals surface area contributed by atoms with Crippen molar-refractivity contribution in [2.75, 3.05) is 20.3 Å². The number of rotatable bonds is 5. The molecular formula is C15H19N3O4. The maximum absolute atomic E-state index is 10.3.